The Morgan fingerprint density at radius 3 is 2.18 bits per heavy atom. The number of likely N-dealkylation sites (tertiary alicyclic amines) is 1. The number of amides is 1. The van der Waals surface area contributed by atoms with Gasteiger partial charge < -0.3 is 14.6 Å². The van der Waals surface area contributed by atoms with Crippen molar-refractivity contribution in [3.05, 3.63) is 53.2 Å². The number of pyridine rings is 1. The number of nitrogens with zero attached hydrogens (tertiary/aromatic N) is 3. The fourth-order valence-corrected chi connectivity index (χ4v) is 6.18. The lowest BCUT2D eigenvalue weighted by Gasteiger charge is -2.40. The van der Waals surface area contributed by atoms with Crippen molar-refractivity contribution < 1.29 is 33.4 Å². The summed E-state index contributed by atoms with van der Waals surface area (Å²) in [5.74, 6) is -0.297. The van der Waals surface area contributed by atoms with Crippen LogP contribution >= 0.6 is 10.2 Å². The Kier molecular flexibility index (Phi) is 6.25. The average molecular weight is 563 g/mol. The molecule has 5 rings (SSSR count). The minimum absolute atomic E-state index is 0.119. The maximum atomic E-state index is 15.0. The third-order valence-electron chi connectivity index (χ3n) is 7.65. The van der Waals surface area contributed by atoms with Crippen molar-refractivity contribution in [2.75, 3.05) is 20.2 Å². The normalized spacial score (nSPS) is 23.3. The van der Waals surface area contributed by atoms with Gasteiger partial charge in [0.2, 0.25) is 0 Å². The summed E-state index contributed by atoms with van der Waals surface area (Å²) < 4.78 is 85.3. The Morgan fingerprint density at radius 1 is 0.974 bits per heavy atom. The van der Waals surface area contributed by atoms with Crippen LogP contribution in [0.25, 0.3) is 11.2 Å². The van der Waals surface area contributed by atoms with Gasteiger partial charge in [0, 0.05) is 37.2 Å². The molecule has 1 aliphatic carbocycles. The van der Waals surface area contributed by atoms with Crippen molar-refractivity contribution in [3.63, 3.8) is 0 Å². The first-order chi connectivity index (χ1) is 17.7. The van der Waals surface area contributed by atoms with E-state index in [1.165, 1.54) is 11.1 Å². The maximum Gasteiger partial charge on any atom is 0.310 e. The molecule has 2 fully saturated rings. The predicted molar refractivity (Wildman–Crippen MR) is 132 cm³/mol. The van der Waals surface area contributed by atoms with E-state index in [2.05, 4.69) is 9.97 Å². The van der Waals surface area contributed by atoms with E-state index in [9.17, 15) is 24.2 Å². The van der Waals surface area contributed by atoms with Crippen molar-refractivity contribution in [1.82, 2.24) is 19.9 Å². The number of nitrogens with one attached hydrogen (secondary N) is 1. The number of carbonyl (C=O) groups excluding carboxylic acids is 1. The van der Waals surface area contributed by atoms with Crippen molar-refractivity contribution in [2.24, 2.45) is 0 Å². The SMILES string of the molecule is CO[C@H]1CC[C@H](c2nc3c(C4CCN(C(=O)c5ccc(S(F)(F)(F)(F)F)cc5)CC4)c(F)cnc3[nH]2)CC1. The zero-order valence-corrected chi connectivity index (χ0v) is 21.4. The molecular weight excluding hydrogens is 534 g/mol. The lowest BCUT2D eigenvalue weighted by molar-refractivity contribution is 0.0652. The number of benzene rings is 1. The number of imidazole rings is 1. The summed E-state index contributed by atoms with van der Waals surface area (Å²) in [6.45, 7) is 0.461. The van der Waals surface area contributed by atoms with Crippen molar-refractivity contribution in [1.29, 1.82) is 0 Å². The van der Waals surface area contributed by atoms with Crippen LogP contribution in [0.4, 0.5) is 23.8 Å². The molecule has 1 aromatic carbocycles. The van der Waals surface area contributed by atoms with Crippen LogP contribution in [0.2, 0.25) is 0 Å². The van der Waals surface area contributed by atoms with Crippen LogP contribution < -0.4 is 0 Å². The van der Waals surface area contributed by atoms with Crippen LogP contribution in [-0.2, 0) is 4.74 Å². The molecule has 1 amide bonds. The van der Waals surface area contributed by atoms with Gasteiger partial charge in [-0.25, -0.2) is 14.4 Å². The Morgan fingerprint density at radius 2 is 1.61 bits per heavy atom. The molecule has 3 aromatic rings. The standard InChI is InChI=1S/C25H28F6N4O2S/c1-37-18-6-2-16(3-7-18)23-33-22-21(20(26)14-32-24(22)34-23)15-10-12-35(13-11-15)25(36)17-4-8-19(9-5-17)38(27,28,29,30)31/h4-5,8-9,14-16,18H,2-3,6-7,10-13H2,1H3,(H,32,33,34)/t16-,18-. The molecule has 0 unspecified atom stereocenters. The fourth-order valence-electron chi connectivity index (χ4n) is 5.53. The molecule has 38 heavy (non-hydrogen) atoms. The number of rotatable bonds is 5. The first-order valence-corrected chi connectivity index (χ1v) is 14.4. The van der Waals surface area contributed by atoms with E-state index >= 15 is 4.39 Å². The molecule has 2 aromatic heterocycles. The molecule has 13 heteroatoms. The number of aromatic nitrogens is 3. The van der Waals surface area contributed by atoms with Gasteiger partial charge >= 0.3 is 10.2 Å². The maximum absolute atomic E-state index is 15.0. The minimum Gasteiger partial charge on any atom is -0.381 e. The second-order valence-electron chi connectivity index (χ2n) is 10.1. The van der Waals surface area contributed by atoms with Crippen LogP contribution in [-0.4, -0.2) is 52.1 Å². The van der Waals surface area contributed by atoms with Gasteiger partial charge in [0.25, 0.3) is 5.91 Å². The number of hydrogen-bond acceptors (Lipinski definition) is 4. The summed E-state index contributed by atoms with van der Waals surface area (Å²) in [6.07, 6.45) is 5.86. The van der Waals surface area contributed by atoms with E-state index in [1.807, 2.05) is 0 Å². The largest absolute Gasteiger partial charge is 0.381 e. The topological polar surface area (TPSA) is 71.1 Å². The highest BCUT2D eigenvalue weighted by atomic mass is 32.5. The summed E-state index contributed by atoms with van der Waals surface area (Å²) in [5, 5.41) is 0. The number of piperidine rings is 1. The average Bonchev–Trinajstić information content (AvgIpc) is 3.31. The number of aromatic amines is 1. The third-order valence-corrected chi connectivity index (χ3v) is 8.82. The van der Waals surface area contributed by atoms with E-state index in [0.717, 1.165) is 43.6 Å². The lowest BCUT2D eigenvalue weighted by atomic mass is 9.87. The summed E-state index contributed by atoms with van der Waals surface area (Å²) in [6, 6.07) is 2.00. The summed E-state index contributed by atoms with van der Waals surface area (Å²) in [7, 11) is -8.11. The second kappa shape index (κ2) is 8.87. The molecule has 1 saturated heterocycles. The van der Waals surface area contributed by atoms with Gasteiger partial charge in [0.05, 0.1) is 12.3 Å². The molecule has 0 bridgehead atoms. The Bertz CT molecular complexity index is 1350. The first-order valence-electron chi connectivity index (χ1n) is 12.4. The molecule has 6 nitrogen and oxygen atoms in total. The minimum atomic E-state index is -9.81. The molecular formula is C25H28F6N4O2S. The quantitative estimate of drug-likeness (QED) is 0.328. The van der Waals surface area contributed by atoms with Gasteiger partial charge in [-0.3, -0.25) is 4.79 Å². The van der Waals surface area contributed by atoms with Gasteiger partial charge in [0.1, 0.15) is 22.1 Å². The van der Waals surface area contributed by atoms with Crippen LogP contribution in [0.1, 0.15) is 72.1 Å². The molecule has 3 heterocycles. The summed E-state index contributed by atoms with van der Waals surface area (Å²) in [5.41, 5.74) is 1.31. The van der Waals surface area contributed by atoms with Crippen LogP contribution in [0, 0.1) is 5.82 Å². The van der Waals surface area contributed by atoms with Gasteiger partial charge in [-0.05, 0) is 68.7 Å². The fraction of sp³-hybridized carbons (Fsp3) is 0.480. The van der Waals surface area contributed by atoms with E-state index in [4.69, 9.17) is 9.72 Å². The van der Waals surface area contributed by atoms with Gasteiger partial charge in [0.15, 0.2) is 5.65 Å². The van der Waals surface area contributed by atoms with Gasteiger partial charge in [-0.15, -0.1) is 0 Å². The number of hydrogen-bond donors (Lipinski definition) is 1. The highest BCUT2D eigenvalue weighted by Crippen LogP contribution is 3.02. The number of carbonyl (C=O) groups is 1. The van der Waals surface area contributed by atoms with E-state index in [0.29, 0.717) is 29.6 Å². The van der Waals surface area contributed by atoms with Crippen LogP contribution in [0.5, 0.6) is 0 Å². The lowest BCUT2D eigenvalue weighted by Crippen LogP contribution is -2.38. The first kappa shape index (κ1) is 26.8. The molecule has 0 spiro atoms. The number of halogens is 6. The number of fused-ring (bicyclic) bond motifs is 1. The second-order valence-corrected chi connectivity index (χ2v) is 12.5. The molecule has 0 atom stereocenters. The van der Waals surface area contributed by atoms with Crippen molar-refractivity contribution in [2.45, 2.75) is 61.4 Å². The van der Waals surface area contributed by atoms with Crippen LogP contribution in [0.15, 0.2) is 35.4 Å². The molecule has 1 aliphatic heterocycles. The van der Waals surface area contributed by atoms with Crippen molar-refractivity contribution in [3.8, 4) is 0 Å². The highest BCUT2D eigenvalue weighted by Gasteiger charge is 2.65. The van der Waals surface area contributed by atoms with E-state index < -0.39 is 26.8 Å². The Labute approximate surface area is 215 Å². The summed E-state index contributed by atoms with van der Waals surface area (Å²) in [4.78, 5) is 24.4. The molecule has 2 aliphatic rings. The molecule has 0 radical (unpaired) electrons. The van der Waals surface area contributed by atoms with Gasteiger partial charge in [-0.2, -0.15) is 0 Å². The van der Waals surface area contributed by atoms with E-state index in [-0.39, 0.29) is 48.7 Å². The van der Waals surface area contributed by atoms with Crippen LogP contribution in [0.3, 0.4) is 0 Å². The molecule has 1 saturated carbocycles. The number of methoxy groups -OCH3 is 1. The van der Waals surface area contributed by atoms with Gasteiger partial charge in [-0.1, -0.05) is 19.4 Å². The zero-order valence-electron chi connectivity index (χ0n) is 20.6. The Balaban J connectivity index is 1.29. The summed E-state index contributed by atoms with van der Waals surface area (Å²) >= 11 is 0. The van der Waals surface area contributed by atoms with Crippen molar-refractivity contribution >= 4 is 27.3 Å². The zero-order chi connectivity index (χ0) is 27.4. The predicted octanol–water partition coefficient (Wildman–Crippen LogP) is 7.45. The Hall–Kier alpha value is -2.80. The highest BCUT2D eigenvalue weighted by molar-refractivity contribution is 8.45. The monoisotopic (exact) mass is 562 g/mol. The number of H-pyrrole nitrogens is 1. The molecule has 208 valence electrons. The number of ether oxygens (including phenoxy) is 1. The smallest absolute Gasteiger partial charge is 0.310 e. The third kappa shape index (κ3) is 5.35. The molecule has 1 N–H and O–H groups in total. The van der Waals surface area contributed by atoms with E-state index in [1.54, 1.807) is 7.11 Å².